The van der Waals surface area contributed by atoms with Gasteiger partial charge in [-0.15, -0.1) is 0 Å². The molecule has 0 spiro atoms. The number of carbonyl (C=O) groups excluding carboxylic acids is 1. The lowest BCUT2D eigenvalue weighted by Crippen LogP contribution is -2.51. The molecular formula is C22H21N5O. The van der Waals surface area contributed by atoms with Gasteiger partial charge in [0.05, 0.1) is 5.41 Å². The molecule has 28 heavy (non-hydrogen) atoms. The number of anilines is 2. The summed E-state index contributed by atoms with van der Waals surface area (Å²) in [5.41, 5.74) is 0.746. The third-order valence-corrected chi connectivity index (χ3v) is 6.52. The minimum Gasteiger partial charge on any atom is -0.345 e. The van der Waals surface area contributed by atoms with E-state index >= 15 is 0 Å². The Labute approximate surface area is 164 Å². The van der Waals surface area contributed by atoms with Crippen LogP contribution in [0.15, 0.2) is 35.5 Å². The van der Waals surface area contributed by atoms with E-state index in [1.54, 1.807) is 36.4 Å². The number of nitriles is 3. The zero-order chi connectivity index (χ0) is 19.7. The van der Waals surface area contributed by atoms with Crippen molar-refractivity contribution in [3.63, 3.8) is 0 Å². The molecule has 6 heteroatoms. The van der Waals surface area contributed by atoms with Crippen LogP contribution in [0.3, 0.4) is 0 Å². The van der Waals surface area contributed by atoms with Crippen LogP contribution >= 0.6 is 0 Å². The molecule has 4 bridgehead atoms. The van der Waals surface area contributed by atoms with Crippen LogP contribution in [-0.2, 0) is 4.79 Å². The van der Waals surface area contributed by atoms with Crippen molar-refractivity contribution in [2.24, 2.45) is 23.2 Å². The van der Waals surface area contributed by atoms with Crippen LogP contribution in [0.4, 0.5) is 11.4 Å². The van der Waals surface area contributed by atoms with E-state index in [0.717, 1.165) is 24.9 Å². The maximum atomic E-state index is 13.1. The molecule has 6 nitrogen and oxygen atoms in total. The maximum absolute atomic E-state index is 13.1. The van der Waals surface area contributed by atoms with Gasteiger partial charge in [-0.1, -0.05) is 0 Å². The SMILES string of the molecule is N#CC(C#N)=C(C#N)Nc1ccc(NC(=O)C23CC4CC(CC(C4)C2)C3)cc1. The Morgan fingerprint density at radius 3 is 1.71 bits per heavy atom. The van der Waals surface area contributed by atoms with Crippen LogP contribution in [0.2, 0.25) is 0 Å². The predicted octanol–water partition coefficient (Wildman–Crippen LogP) is 4.08. The van der Waals surface area contributed by atoms with E-state index in [1.165, 1.54) is 19.3 Å². The van der Waals surface area contributed by atoms with E-state index in [1.807, 2.05) is 6.07 Å². The van der Waals surface area contributed by atoms with Crippen LogP contribution < -0.4 is 10.6 Å². The van der Waals surface area contributed by atoms with E-state index in [2.05, 4.69) is 10.6 Å². The van der Waals surface area contributed by atoms with Crippen molar-refractivity contribution in [2.75, 3.05) is 10.6 Å². The topological polar surface area (TPSA) is 112 Å². The molecule has 0 saturated heterocycles. The number of benzene rings is 1. The van der Waals surface area contributed by atoms with Crippen LogP contribution in [0.25, 0.3) is 0 Å². The van der Waals surface area contributed by atoms with E-state index in [0.29, 0.717) is 23.4 Å². The Morgan fingerprint density at radius 2 is 1.29 bits per heavy atom. The summed E-state index contributed by atoms with van der Waals surface area (Å²) in [5.74, 6) is 2.29. The van der Waals surface area contributed by atoms with Gasteiger partial charge in [-0.3, -0.25) is 4.79 Å². The molecule has 1 amide bonds. The summed E-state index contributed by atoms with van der Waals surface area (Å²) < 4.78 is 0. The lowest BCUT2D eigenvalue weighted by molar-refractivity contribution is -0.140. The summed E-state index contributed by atoms with van der Waals surface area (Å²) in [6.07, 6.45) is 6.96. The second-order valence-corrected chi connectivity index (χ2v) is 8.44. The molecule has 0 atom stereocenters. The van der Waals surface area contributed by atoms with Crippen LogP contribution in [0, 0.1) is 57.2 Å². The lowest BCUT2D eigenvalue weighted by Gasteiger charge is -2.55. The van der Waals surface area contributed by atoms with Crippen molar-refractivity contribution in [3.8, 4) is 18.2 Å². The first-order valence-corrected chi connectivity index (χ1v) is 9.68. The zero-order valence-corrected chi connectivity index (χ0v) is 15.5. The van der Waals surface area contributed by atoms with E-state index in [-0.39, 0.29) is 22.6 Å². The summed E-state index contributed by atoms with van der Waals surface area (Å²) in [7, 11) is 0. The molecule has 0 aliphatic heterocycles. The fourth-order valence-corrected chi connectivity index (χ4v) is 5.72. The molecule has 5 rings (SSSR count). The summed E-state index contributed by atoms with van der Waals surface area (Å²) in [6.45, 7) is 0. The highest BCUT2D eigenvalue weighted by Crippen LogP contribution is 2.60. The Morgan fingerprint density at radius 1 is 0.821 bits per heavy atom. The van der Waals surface area contributed by atoms with Crippen molar-refractivity contribution in [1.29, 1.82) is 15.8 Å². The molecule has 1 aromatic rings. The molecule has 0 aromatic heterocycles. The van der Waals surface area contributed by atoms with Gasteiger partial charge in [-0.05, 0) is 80.5 Å². The van der Waals surface area contributed by atoms with Gasteiger partial charge in [0.1, 0.15) is 23.9 Å². The van der Waals surface area contributed by atoms with E-state index in [9.17, 15) is 4.79 Å². The number of carbonyl (C=O) groups is 1. The number of hydrogen-bond acceptors (Lipinski definition) is 5. The second kappa shape index (κ2) is 7.02. The molecule has 0 radical (unpaired) electrons. The highest BCUT2D eigenvalue weighted by Gasteiger charge is 2.54. The van der Waals surface area contributed by atoms with Crippen molar-refractivity contribution < 1.29 is 4.79 Å². The molecule has 4 saturated carbocycles. The predicted molar refractivity (Wildman–Crippen MR) is 103 cm³/mol. The third kappa shape index (κ3) is 3.21. The van der Waals surface area contributed by atoms with Gasteiger partial charge in [0, 0.05) is 11.4 Å². The molecule has 2 N–H and O–H groups in total. The lowest BCUT2D eigenvalue weighted by atomic mass is 9.49. The van der Waals surface area contributed by atoms with Crippen LogP contribution in [0.1, 0.15) is 38.5 Å². The number of allylic oxidation sites excluding steroid dienone is 2. The van der Waals surface area contributed by atoms with Crippen LogP contribution in [0.5, 0.6) is 0 Å². The Hall–Kier alpha value is -3.30. The van der Waals surface area contributed by atoms with Crippen molar-refractivity contribution in [2.45, 2.75) is 38.5 Å². The zero-order valence-electron chi connectivity index (χ0n) is 15.5. The molecule has 1 aromatic carbocycles. The number of nitrogens with one attached hydrogen (secondary N) is 2. The Kier molecular flexibility index (Phi) is 4.54. The minimum absolute atomic E-state index is 0.0876. The highest BCUT2D eigenvalue weighted by molar-refractivity contribution is 5.95. The number of hydrogen-bond donors (Lipinski definition) is 2. The van der Waals surface area contributed by atoms with Gasteiger partial charge < -0.3 is 10.6 Å². The molecule has 4 fully saturated rings. The minimum atomic E-state index is -0.262. The van der Waals surface area contributed by atoms with E-state index < -0.39 is 0 Å². The van der Waals surface area contributed by atoms with Gasteiger partial charge in [-0.25, -0.2) is 0 Å². The molecule has 0 unspecified atom stereocenters. The standard InChI is InChI=1S/C22H21N5O/c23-11-17(12-24)20(13-25)26-18-1-3-19(4-2-18)27-21(28)22-8-14-5-15(9-22)7-16(6-14)10-22/h1-4,14-16,26H,5-10H2,(H,27,28). The van der Waals surface area contributed by atoms with Gasteiger partial charge in [-0.2, -0.15) is 15.8 Å². The molecule has 4 aliphatic carbocycles. The summed E-state index contributed by atoms with van der Waals surface area (Å²) in [5, 5.41) is 32.8. The van der Waals surface area contributed by atoms with Crippen molar-refractivity contribution in [3.05, 3.63) is 35.5 Å². The molecule has 4 aliphatic rings. The monoisotopic (exact) mass is 371 g/mol. The van der Waals surface area contributed by atoms with Gasteiger partial charge >= 0.3 is 0 Å². The number of nitrogens with zero attached hydrogens (tertiary/aromatic N) is 3. The normalized spacial score (nSPS) is 29.1. The Bertz CT molecular complexity index is 903. The van der Waals surface area contributed by atoms with Gasteiger partial charge in [0.15, 0.2) is 5.57 Å². The molecular weight excluding hydrogens is 350 g/mol. The highest BCUT2D eigenvalue weighted by atomic mass is 16.2. The largest absolute Gasteiger partial charge is 0.345 e. The summed E-state index contributed by atoms with van der Waals surface area (Å²) >= 11 is 0. The maximum Gasteiger partial charge on any atom is 0.230 e. The smallest absolute Gasteiger partial charge is 0.230 e. The van der Waals surface area contributed by atoms with Crippen molar-refractivity contribution >= 4 is 17.3 Å². The summed E-state index contributed by atoms with van der Waals surface area (Å²) in [4.78, 5) is 13.1. The average Bonchev–Trinajstić information content (AvgIpc) is 2.68. The first-order chi connectivity index (χ1) is 13.5. The van der Waals surface area contributed by atoms with E-state index in [4.69, 9.17) is 15.8 Å². The summed E-state index contributed by atoms with van der Waals surface area (Å²) in [6, 6.07) is 12.2. The first kappa shape index (κ1) is 18.1. The number of amides is 1. The fraction of sp³-hybridized carbons (Fsp3) is 0.455. The number of rotatable bonds is 4. The average molecular weight is 371 g/mol. The first-order valence-electron chi connectivity index (χ1n) is 9.68. The van der Waals surface area contributed by atoms with Crippen LogP contribution in [-0.4, -0.2) is 5.91 Å². The third-order valence-electron chi connectivity index (χ3n) is 6.52. The molecule has 140 valence electrons. The quantitative estimate of drug-likeness (QED) is 0.774. The van der Waals surface area contributed by atoms with Gasteiger partial charge in [0.25, 0.3) is 0 Å². The second-order valence-electron chi connectivity index (χ2n) is 8.44. The molecule has 0 heterocycles. The fourth-order valence-electron chi connectivity index (χ4n) is 5.72. The Balaban J connectivity index is 1.45. The van der Waals surface area contributed by atoms with Crippen molar-refractivity contribution in [1.82, 2.24) is 0 Å². The van der Waals surface area contributed by atoms with Gasteiger partial charge in [0.2, 0.25) is 5.91 Å².